The van der Waals surface area contributed by atoms with Crippen LogP contribution in [0.3, 0.4) is 0 Å². The Kier molecular flexibility index (Phi) is 5.44. The second-order valence-corrected chi connectivity index (χ2v) is 10.1. The third-order valence-corrected chi connectivity index (χ3v) is 7.70. The number of rotatable bonds is 5. The van der Waals surface area contributed by atoms with Crippen molar-refractivity contribution < 1.29 is 23.9 Å². The maximum absolute atomic E-state index is 13.6. The highest BCUT2D eigenvalue weighted by molar-refractivity contribution is 6.09. The summed E-state index contributed by atoms with van der Waals surface area (Å²) in [5, 5.41) is 2.71. The fraction of sp³-hybridized carbons (Fsp3) is 0.267. The van der Waals surface area contributed by atoms with E-state index in [-0.39, 0.29) is 23.7 Å². The lowest BCUT2D eigenvalue weighted by Crippen LogP contribution is -2.41. The third-order valence-electron chi connectivity index (χ3n) is 7.70. The van der Waals surface area contributed by atoms with Gasteiger partial charge in [0.15, 0.2) is 6.61 Å². The number of hydrogen-bond donors (Lipinski definition) is 1. The maximum Gasteiger partial charge on any atom is 0.326 e. The molecule has 3 aromatic rings. The summed E-state index contributed by atoms with van der Waals surface area (Å²) in [5.74, 6) is -3.57. The van der Waals surface area contributed by atoms with Crippen LogP contribution in [0, 0.1) is 25.7 Å². The van der Waals surface area contributed by atoms with Gasteiger partial charge in [-0.15, -0.1) is 0 Å². The summed E-state index contributed by atoms with van der Waals surface area (Å²) in [6.45, 7) is 2.84. The van der Waals surface area contributed by atoms with Crippen LogP contribution < -0.4 is 5.32 Å². The Balaban J connectivity index is 1.18. The van der Waals surface area contributed by atoms with E-state index in [1.807, 2.05) is 80.6 Å². The van der Waals surface area contributed by atoms with Crippen molar-refractivity contribution in [3.8, 4) is 0 Å². The molecular weight excluding hydrogens is 468 g/mol. The summed E-state index contributed by atoms with van der Waals surface area (Å²) in [6, 6.07) is 21.6. The SMILES string of the molecule is Cc1cc(C)cc(NC(=O)COC(=O)CN2C(=O)[C@H]3C4c5ccccc5C(c5ccccc54)[C@@H]3C2=O)c1. The van der Waals surface area contributed by atoms with Gasteiger partial charge in [-0.3, -0.25) is 24.1 Å². The number of nitrogens with zero attached hydrogens (tertiary/aromatic N) is 1. The van der Waals surface area contributed by atoms with Gasteiger partial charge >= 0.3 is 5.97 Å². The zero-order valence-corrected chi connectivity index (χ0v) is 20.6. The second-order valence-electron chi connectivity index (χ2n) is 10.1. The molecule has 7 heteroatoms. The van der Waals surface area contributed by atoms with Crippen LogP contribution in [-0.4, -0.2) is 41.7 Å². The molecule has 3 aromatic carbocycles. The molecule has 7 rings (SSSR count). The topological polar surface area (TPSA) is 92.8 Å². The number of anilines is 1. The molecule has 0 saturated carbocycles. The Bertz CT molecular complexity index is 1340. The number of amides is 3. The van der Waals surface area contributed by atoms with Gasteiger partial charge in [0.25, 0.3) is 5.91 Å². The molecule has 1 N–H and O–H groups in total. The highest BCUT2D eigenvalue weighted by atomic mass is 16.5. The van der Waals surface area contributed by atoms with Gasteiger partial charge in [-0.2, -0.15) is 0 Å². The molecule has 0 spiro atoms. The lowest BCUT2D eigenvalue weighted by Gasteiger charge is -2.45. The maximum atomic E-state index is 13.6. The molecular formula is C30H26N2O5. The molecule has 1 fully saturated rings. The van der Waals surface area contributed by atoms with E-state index < -0.39 is 36.9 Å². The largest absolute Gasteiger partial charge is 0.454 e. The number of likely N-dealkylation sites (tertiary alicyclic amines) is 1. The second kappa shape index (κ2) is 8.69. The first-order valence-corrected chi connectivity index (χ1v) is 12.4. The Morgan fingerprint density at radius 1 is 0.784 bits per heavy atom. The van der Waals surface area contributed by atoms with Crippen LogP contribution >= 0.6 is 0 Å². The van der Waals surface area contributed by atoms with Gasteiger partial charge in [-0.1, -0.05) is 54.6 Å². The van der Waals surface area contributed by atoms with Gasteiger partial charge < -0.3 is 10.1 Å². The van der Waals surface area contributed by atoms with E-state index in [0.717, 1.165) is 38.3 Å². The molecule has 186 valence electrons. The number of aryl methyl sites for hydroxylation is 2. The summed E-state index contributed by atoms with van der Waals surface area (Å²) in [4.78, 5) is 53.1. The molecule has 0 aromatic heterocycles. The van der Waals surface area contributed by atoms with Gasteiger partial charge in [0.2, 0.25) is 11.8 Å². The lowest BCUT2D eigenvalue weighted by molar-refractivity contribution is -0.154. The summed E-state index contributed by atoms with van der Waals surface area (Å²) in [5.41, 5.74) is 6.89. The van der Waals surface area contributed by atoms with Crippen LogP contribution in [0.5, 0.6) is 0 Å². The van der Waals surface area contributed by atoms with Gasteiger partial charge in [0.1, 0.15) is 6.54 Å². The number of carbonyl (C=O) groups is 4. The molecule has 3 aliphatic carbocycles. The van der Waals surface area contributed by atoms with Crippen molar-refractivity contribution in [3.05, 3.63) is 100 Å². The van der Waals surface area contributed by atoms with Gasteiger partial charge in [-0.05, 0) is 59.4 Å². The first kappa shape index (κ1) is 23.2. The molecule has 37 heavy (non-hydrogen) atoms. The average molecular weight is 495 g/mol. The molecule has 7 nitrogen and oxygen atoms in total. The lowest BCUT2D eigenvalue weighted by atomic mass is 9.55. The normalized spacial score (nSPS) is 22.8. The van der Waals surface area contributed by atoms with E-state index in [1.54, 1.807) is 0 Å². The molecule has 0 radical (unpaired) electrons. The Hall–Kier alpha value is -4.26. The number of nitrogens with one attached hydrogen (secondary N) is 1. The molecule has 2 bridgehead atoms. The number of esters is 1. The molecule has 4 aliphatic rings. The monoisotopic (exact) mass is 494 g/mol. The number of benzene rings is 3. The first-order valence-electron chi connectivity index (χ1n) is 12.4. The number of hydrogen-bond acceptors (Lipinski definition) is 5. The van der Waals surface area contributed by atoms with E-state index in [2.05, 4.69) is 5.32 Å². The summed E-state index contributed by atoms with van der Waals surface area (Å²) < 4.78 is 5.14. The Morgan fingerprint density at radius 3 is 1.70 bits per heavy atom. The number of ether oxygens (including phenoxy) is 1. The van der Waals surface area contributed by atoms with E-state index in [0.29, 0.717) is 5.69 Å². The fourth-order valence-electron chi connectivity index (χ4n) is 6.46. The zero-order chi connectivity index (χ0) is 25.8. The molecule has 0 unspecified atom stereocenters. The minimum absolute atomic E-state index is 0.233. The molecule has 3 amide bonds. The van der Waals surface area contributed by atoms with E-state index in [1.165, 1.54) is 0 Å². The molecule has 1 saturated heterocycles. The standard InChI is InChI=1S/C30H26N2O5/c1-16-11-17(2)13-18(12-16)31-23(33)15-37-24(34)14-32-29(35)27-25-19-7-3-4-8-20(19)26(28(27)30(32)36)22-10-6-5-9-21(22)25/h3-13,25-28H,14-15H2,1-2H3,(H,31,33)/t25?,26?,27-,28-/m0/s1. The predicted octanol–water partition coefficient (Wildman–Crippen LogP) is 3.68. The number of carbonyl (C=O) groups excluding carboxylic acids is 4. The van der Waals surface area contributed by atoms with Crippen LogP contribution in [0.1, 0.15) is 45.2 Å². The van der Waals surface area contributed by atoms with Crippen molar-refractivity contribution in [2.45, 2.75) is 25.7 Å². The fourth-order valence-corrected chi connectivity index (χ4v) is 6.46. The summed E-state index contributed by atoms with van der Waals surface area (Å²) >= 11 is 0. The third kappa shape index (κ3) is 3.73. The van der Waals surface area contributed by atoms with Crippen LogP contribution in [0.15, 0.2) is 66.7 Å². The zero-order valence-electron chi connectivity index (χ0n) is 20.6. The summed E-state index contributed by atoms with van der Waals surface area (Å²) in [7, 11) is 0. The van der Waals surface area contributed by atoms with Crippen LogP contribution in [0.25, 0.3) is 0 Å². The van der Waals surface area contributed by atoms with E-state index in [9.17, 15) is 19.2 Å². The Labute approximate surface area is 214 Å². The Morgan fingerprint density at radius 2 is 1.24 bits per heavy atom. The highest BCUT2D eigenvalue weighted by Gasteiger charge is 2.61. The quantitative estimate of drug-likeness (QED) is 0.432. The predicted molar refractivity (Wildman–Crippen MR) is 136 cm³/mol. The molecule has 1 aliphatic heterocycles. The van der Waals surface area contributed by atoms with Crippen molar-refractivity contribution in [1.29, 1.82) is 0 Å². The van der Waals surface area contributed by atoms with E-state index >= 15 is 0 Å². The highest BCUT2D eigenvalue weighted by Crippen LogP contribution is 2.60. The first-order chi connectivity index (χ1) is 17.8. The molecule has 1 heterocycles. The van der Waals surface area contributed by atoms with E-state index in [4.69, 9.17) is 4.74 Å². The minimum Gasteiger partial charge on any atom is -0.454 e. The van der Waals surface area contributed by atoms with Crippen molar-refractivity contribution >= 4 is 29.4 Å². The van der Waals surface area contributed by atoms with Crippen molar-refractivity contribution in [3.63, 3.8) is 0 Å². The molecule has 2 atom stereocenters. The van der Waals surface area contributed by atoms with Crippen molar-refractivity contribution in [1.82, 2.24) is 4.90 Å². The smallest absolute Gasteiger partial charge is 0.326 e. The van der Waals surface area contributed by atoms with Crippen LogP contribution in [-0.2, 0) is 23.9 Å². The summed E-state index contributed by atoms with van der Waals surface area (Å²) in [6.07, 6.45) is 0. The number of imide groups is 1. The average Bonchev–Trinajstić information content (AvgIpc) is 3.12. The van der Waals surface area contributed by atoms with Crippen LogP contribution in [0.4, 0.5) is 5.69 Å². The minimum atomic E-state index is -0.793. The van der Waals surface area contributed by atoms with Crippen molar-refractivity contribution in [2.75, 3.05) is 18.5 Å². The van der Waals surface area contributed by atoms with Crippen LogP contribution in [0.2, 0.25) is 0 Å². The van der Waals surface area contributed by atoms with Crippen molar-refractivity contribution in [2.24, 2.45) is 11.8 Å². The van der Waals surface area contributed by atoms with Gasteiger partial charge in [0, 0.05) is 17.5 Å². The van der Waals surface area contributed by atoms with Gasteiger partial charge in [-0.25, -0.2) is 0 Å². The van der Waals surface area contributed by atoms with Gasteiger partial charge in [0.05, 0.1) is 11.8 Å².